The van der Waals surface area contributed by atoms with Gasteiger partial charge in [-0.2, -0.15) is 5.48 Å². The number of esters is 1. The quantitative estimate of drug-likeness (QED) is 0.0805. The fourth-order valence-corrected chi connectivity index (χ4v) is 5.51. The molecule has 0 spiro atoms. The molecule has 42 heavy (non-hydrogen) atoms. The number of carbonyl (C=O) groups excluding carboxylic acids is 2. The Labute approximate surface area is 252 Å². The number of ether oxygens (including phenoxy) is 3. The lowest BCUT2D eigenvalue weighted by Crippen LogP contribution is -2.28. The maximum Gasteiger partial charge on any atom is 0.431 e. The van der Waals surface area contributed by atoms with Crippen LogP contribution in [0.2, 0.25) is 0 Å². The van der Waals surface area contributed by atoms with Gasteiger partial charge in [0.25, 0.3) is 0 Å². The predicted octanol–water partition coefficient (Wildman–Crippen LogP) is 8.50. The normalized spacial score (nSPS) is 12.1. The lowest BCUT2D eigenvalue weighted by atomic mass is 9.98. The fourth-order valence-electron chi connectivity index (χ4n) is 5.51. The average Bonchev–Trinajstić information content (AvgIpc) is 3.33. The van der Waals surface area contributed by atoms with Crippen molar-refractivity contribution in [1.82, 2.24) is 5.48 Å². The molecule has 0 radical (unpaired) electrons. The van der Waals surface area contributed by atoms with Crippen LogP contribution in [0.1, 0.15) is 114 Å². The number of benzene rings is 2. The zero-order valence-corrected chi connectivity index (χ0v) is 25.6. The van der Waals surface area contributed by atoms with Crippen molar-refractivity contribution in [3.05, 3.63) is 59.7 Å². The van der Waals surface area contributed by atoms with Crippen molar-refractivity contribution in [3.63, 3.8) is 0 Å². The molecule has 7 nitrogen and oxygen atoms in total. The lowest BCUT2D eigenvalue weighted by molar-refractivity contribution is -0.145. The van der Waals surface area contributed by atoms with E-state index >= 15 is 0 Å². The Hall–Kier alpha value is -2.90. The first-order valence-corrected chi connectivity index (χ1v) is 16.2. The Morgan fingerprint density at radius 1 is 0.643 bits per heavy atom. The molecule has 0 bridgehead atoms. The van der Waals surface area contributed by atoms with Crippen LogP contribution in [0.3, 0.4) is 0 Å². The molecule has 2 aromatic carbocycles. The highest BCUT2D eigenvalue weighted by Gasteiger charge is 2.29. The van der Waals surface area contributed by atoms with E-state index in [9.17, 15) is 9.59 Å². The summed E-state index contributed by atoms with van der Waals surface area (Å²) in [4.78, 5) is 29.1. The molecule has 3 rings (SSSR count). The molecule has 0 atom stereocenters. The SMILES string of the molecule is CCCCCCCCCCCCCCCC(=O)OCCOCCONC(=O)OCC1c2ccccc2-c2ccccc21. The van der Waals surface area contributed by atoms with Gasteiger partial charge in [-0.25, -0.2) is 4.79 Å². The van der Waals surface area contributed by atoms with E-state index in [2.05, 4.69) is 36.7 Å². The second kappa shape index (κ2) is 20.9. The molecule has 0 saturated carbocycles. The first-order valence-electron chi connectivity index (χ1n) is 16.2. The number of unbranched alkanes of at least 4 members (excludes halogenated alkanes) is 12. The third-order valence-corrected chi connectivity index (χ3v) is 7.80. The van der Waals surface area contributed by atoms with Crippen LogP contribution in [0.4, 0.5) is 4.79 Å². The molecule has 2 aromatic rings. The van der Waals surface area contributed by atoms with Gasteiger partial charge in [0.1, 0.15) is 13.2 Å². The van der Waals surface area contributed by atoms with E-state index in [4.69, 9.17) is 19.0 Å². The Bertz CT molecular complexity index is 996. The minimum Gasteiger partial charge on any atom is -0.463 e. The molecule has 0 fully saturated rings. The smallest absolute Gasteiger partial charge is 0.431 e. The number of carbonyl (C=O) groups is 2. The summed E-state index contributed by atoms with van der Waals surface area (Å²) < 4.78 is 16.1. The number of hydrogen-bond acceptors (Lipinski definition) is 6. The van der Waals surface area contributed by atoms with Crippen molar-refractivity contribution < 1.29 is 28.6 Å². The van der Waals surface area contributed by atoms with Gasteiger partial charge < -0.3 is 14.2 Å². The van der Waals surface area contributed by atoms with E-state index in [1.807, 2.05) is 24.3 Å². The minimum atomic E-state index is -0.640. The van der Waals surface area contributed by atoms with Crippen molar-refractivity contribution in [2.45, 2.75) is 103 Å². The second-order valence-electron chi connectivity index (χ2n) is 11.1. The second-order valence-corrected chi connectivity index (χ2v) is 11.1. The molecule has 0 aromatic heterocycles. The Morgan fingerprint density at radius 3 is 1.76 bits per heavy atom. The number of hydrogen-bond donors (Lipinski definition) is 1. The van der Waals surface area contributed by atoms with E-state index in [0.717, 1.165) is 24.0 Å². The average molecular weight is 582 g/mol. The van der Waals surface area contributed by atoms with Gasteiger partial charge in [-0.15, -0.1) is 0 Å². The van der Waals surface area contributed by atoms with Crippen LogP contribution in [0.25, 0.3) is 11.1 Å². The molecule has 0 heterocycles. The largest absolute Gasteiger partial charge is 0.463 e. The fraction of sp³-hybridized carbons (Fsp3) is 0.600. The van der Waals surface area contributed by atoms with Gasteiger partial charge in [0.2, 0.25) is 0 Å². The lowest BCUT2D eigenvalue weighted by Gasteiger charge is -2.14. The topological polar surface area (TPSA) is 83.1 Å². The summed E-state index contributed by atoms with van der Waals surface area (Å²) in [6.07, 6.45) is 16.5. The monoisotopic (exact) mass is 581 g/mol. The third kappa shape index (κ3) is 12.5. The van der Waals surface area contributed by atoms with Crippen LogP contribution in [0, 0.1) is 0 Å². The molecular weight excluding hydrogens is 530 g/mol. The van der Waals surface area contributed by atoms with Gasteiger partial charge in [-0.3, -0.25) is 9.63 Å². The highest BCUT2D eigenvalue weighted by Crippen LogP contribution is 2.44. The standard InChI is InChI=1S/C35H51NO6/c1-2-3-4-5-6-7-8-9-10-11-12-13-14-23-34(37)40-26-24-39-25-27-42-36-35(38)41-28-33-31-21-17-15-19-29(31)30-20-16-18-22-32(30)33/h15-22,33H,2-14,23-28H2,1H3,(H,36,38). The van der Waals surface area contributed by atoms with Crippen molar-refractivity contribution in [2.24, 2.45) is 0 Å². The van der Waals surface area contributed by atoms with Crippen LogP contribution in [-0.2, 0) is 23.8 Å². The summed E-state index contributed by atoms with van der Waals surface area (Å²) in [5, 5.41) is 0. The van der Waals surface area contributed by atoms with Crippen LogP contribution >= 0.6 is 0 Å². The van der Waals surface area contributed by atoms with Crippen LogP contribution in [0.15, 0.2) is 48.5 Å². The summed E-state index contributed by atoms with van der Waals surface area (Å²) in [6.45, 7) is 3.42. The van der Waals surface area contributed by atoms with Gasteiger partial charge in [0.05, 0.1) is 19.8 Å². The minimum absolute atomic E-state index is 0.00117. The van der Waals surface area contributed by atoms with Crippen molar-refractivity contribution in [1.29, 1.82) is 0 Å². The Balaban J connectivity index is 1.09. The van der Waals surface area contributed by atoms with Gasteiger partial charge in [0.15, 0.2) is 0 Å². The van der Waals surface area contributed by atoms with E-state index in [0.29, 0.717) is 13.0 Å². The van der Waals surface area contributed by atoms with Gasteiger partial charge in [-0.1, -0.05) is 133 Å². The zero-order chi connectivity index (χ0) is 29.7. The first-order chi connectivity index (χ1) is 20.7. The molecule has 7 heteroatoms. The molecule has 0 aliphatic heterocycles. The summed E-state index contributed by atoms with van der Waals surface area (Å²) in [6, 6.07) is 16.4. The Morgan fingerprint density at radius 2 is 1.17 bits per heavy atom. The molecule has 1 aliphatic rings. The predicted molar refractivity (Wildman–Crippen MR) is 166 cm³/mol. The summed E-state index contributed by atoms with van der Waals surface area (Å²) in [7, 11) is 0. The highest BCUT2D eigenvalue weighted by atomic mass is 16.7. The summed E-state index contributed by atoms with van der Waals surface area (Å²) in [5.41, 5.74) is 6.97. The molecule has 1 aliphatic carbocycles. The molecule has 0 saturated heterocycles. The van der Waals surface area contributed by atoms with Gasteiger partial charge in [-0.05, 0) is 28.7 Å². The number of hydroxylamine groups is 1. The number of amides is 1. The maximum atomic E-state index is 12.1. The van der Waals surface area contributed by atoms with Crippen LogP contribution in [0.5, 0.6) is 0 Å². The van der Waals surface area contributed by atoms with Gasteiger partial charge >= 0.3 is 12.1 Å². The maximum absolute atomic E-state index is 12.1. The molecule has 232 valence electrons. The van der Waals surface area contributed by atoms with Crippen molar-refractivity contribution >= 4 is 12.1 Å². The number of nitrogens with one attached hydrogen (secondary N) is 1. The van der Waals surface area contributed by atoms with Crippen LogP contribution in [-0.4, -0.2) is 45.1 Å². The molecular formula is C35H51NO6. The Kier molecular flexibility index (Phi) is 16.7. The number of fused-ring (bicyclic) bond motifs is 3. The number of rotatable bonds is 23. The van der Waals surface area contributed by atoms with E-state index < -0.39 is 6.09 Å². The van der Waals surface area contributed by atoms with Crippen molar-refractivity contribution in [3.8, 4) is 11.1 Å². The summed E-state index contributed by atoms with van der Waals surface area (Å²) in [5.74, 6) is -0.173. The molecule has 1 amide bonds. The highest BCUT2D eigenvalue weighted by molar-refractivity contribution is 5.79. The summed E-state index contributed by atoms with van der Waals surface area (Å²) >= 11 is 0. The zero-order valence-electron chi connectivity index (χ0n) is 25.6. The van der Waals surface area contributed by atoms with Gasteiger partial charge in [0, 0.05) is 12.3 Å². The van der Waals surface area contributed by atoms with Crippen molar-refractivity contribution in [2.75, 3.05) is 33.0 Å². The van der Waals surface area contributed by atoms with E-state index in [1.165, 1.54) is 81.8 Å². The molecule has 1 N–H and O–H groups in total. The van der Waals surface area contributed by atoms with E-state index in [1.54, 1.807) is 0 Å². The molecule has 0 unspecified atom stereocenters. The van der Waals surface area contributed by atoms with Crippen LogP contribution < -0.4 is 5.48 Å². The first kappa shape index (κ1) is 33.6. The van der Waals surface area contributed by atoms with E-state index in [-0.39, 0.29) is 38.3 Å². The third-order valence-electron chi connectivity index (χ3n) is 7.80.